The minimum absolute atomic E-state index is 0.0763. The molecular formula is C17H18O2. The number of fused-ring (bicyclic) bond motifs is 1. The molecule has 1 atom stereocenters. The van der Waals surface area contributed by atoms with E-state index in [1.165, 1.54) is 0 Å². The van der Waals surface area contributed by atoms with Crippen LogP contribution in [0.1, 0.15) is 53.8 Å². The number of Topliss-reactive ketones (excluding diaryl/α,β-unsaturated/α-hetero) is 2. The van der Waals surface area contributed by atoms with E-state index < -0.39 is 0 Å². The number of ketones is 2. The van der Waals surface area contributed by atoms with Gasteiger partial charge >= 0.3 is 0 Å². The van der Waals surface area contributed by atoms with Crippen LogP contribution in [-0.4, -0.2) is 11.6 Å². The number of rotatable bonds is 1. The monoisotopic (exact) mass is 254 g/mol. The van der Waals surface area contributed by atoms with Crippen molar-refractivity contribution in [2.75, 3.05) is 0 Å². The molecule has 1 aromatic carbocycles. The Kier molecular flexibility index (Phi) is 2.89. The van der Waals surface area contributed by atoms with Crippen molar-refractivity contribution in [1.29, 1.82) is 0 Å². The van der Waals surface area contributed by atoms with Gasteiger partial charge in [-0.2, -0.15) is 0 Å². The summed E-state index contributed by atoms with van der Waals surface area (Å²) in [6.07, 6.45) is 2.56. The summed E-state index contributed by atoms with van der Waals surface area (Å²) >= 11 is 0. The molecule has 2 heteroatoms. The number of hydrogen-bond acceptors (Lipinski definition) is 2. The van der Waals surface area contributed by atoms with Gasteiger partial charge in [-0.05, 0) is 31.1 Å². The molecule has 0 saturated carbocycles. The van der Waals surface area contributed by atoms with E-state index in [0.717, 1.165) is 30.4 Å². The lowest BCUT2D eigenvalue weighted by molar-refractivity contribution is 0.0955. The fraction of sp³-hybridized carbons (Fsp3) is 0.412. The van der Waals surface area contributed by atoms with E-state index >= 15 is 0 Å². The first-order valence-electron chi connectivity index (χ1n) is 7.00. The standard InChI is InChI=1S/C17H18O2/c1-10(2)11-7-8-14-15(9-11)17(19)13-6-4-3-5-12(13)16(14)18/h3-6,10-11H,7-9H2,1-2H3. The van der Waals surface area contributed by atoms with Crippen LogP contribution >= 0.6 is 0 Å². The third-order valence-electron chi connectivity index (χ3n) is 4.50. The molecule has 0 amide bonds. The largest absolute Gasteiger partial charge is 0.289 e. The average molecular weight is 254 g/mol. The van der Waals surface area contributed by atoms with Gasteiger partial charge in [0.15, 0.2) is 11.6 Å². The topological polar surface area (TPSA) is 34.1 Å². The third kappa shape index (κ3) is 1.86. The van der Waals surface area contributed by atoms with Gasteiger partial charge in [0.1, 0.15) is 0 Å². The number of carbonyl (C=O) groups excluding carboxylic acids is 2. The Hall–Kier alpha value is -1.70. The molecule has 0 N–H and O–H groups in total. The maximum absolute atomic E-state index is 12.6. The predicted octanol–water partition coefficient (Wildman–Crippen LogP) is 3.82. The zero-order valence-electron chi connectivity index (χ0n) is 11.4. The summed E-state index contributed by atoms with van der Waals surface area (Å²) in [7, 11) is 0. The Balaban J connectivity index is 2.06. The van der Waals surface area contributed by atoms with Crippen LogP contribution in [-0.2, 0) is 0 Å². The summed E-state index contributed by atoms with van der Waals surface area (Å²) < 4.78 is 0. The van der Waals surface area contributed by atoms with Crippen LogP contribution in [0.5, 0.6) is 0 Å². The van der Waals surface area contributed by atoms with E-state index in [0.29, 0.717) is 23.0 Å². The molecule has 0 spiro atoms. The van der Waals surface area contributed by atoms with E-state index in [1.54, 1.807) is 12.1 Å². The van der Waals surface area contributed by atoms with E-state index in [9.17, 15) is 9.59 Å². The van der Waals surface area contributed by atoms with Crippen LogP contribution in [0.25, 0.3) is 0 Å². The maximum atomic E-state index is 12.6. The average Bonchev–Trinajstić information content (AvgIpc) is 2.44. The van der Waals surface area contributed by atoms with Crippen molar-refractivity contribution in [1.82, 2.24) is 0 Å². The number of carbonyl (C=O) groups is 2. The second kappa shape index (κ2) is 4.44. The fourth-order valence-corrected chi connectivity index (χ4v) is 3.22. The van der Waals surface area contributed by atoms with Crippen LogP contribution in [0.4, 0.5) is 0 Å². The van der Waals surface area contributed by atoms with Crippen molar-refractivity contribution >= 4 is 11.6 Å². The van der Waals surface area contributed by atoms with Gasteiger partial charge < -0.3 is 0 Å². The summed E-state index contributed by atoms with van der Waals surface area (Å²) in [6, 6.07) is 7.21. The highest BCUT2D eigenvalue weighted by atomic mass is 16.1. The van der Waals surface area contributed by atoms with Crippen molar-refractivity contribution in [2.45, 2.75) is 33.1 Å². The smallest absolute Gasteiger partial charge is 0.190 e. The van der Waals surface area contributed by atoms with Gasteiger partial charge in [-0.15, -0.1) is 0 Å². The first-order chi connectivity index (χ1) is 9.09. The van der Waals surface area contributed by atoms with Crippen molar-refractivity contribution in [3.8, 4) is 0 Å². The molecule has 98 valence electrons. The van der Waals surface area contributed by atoms with Gasteiger partial charge in [0.2, 0.25) is 0 Å². The molecule has 2 nitrogen and oxygen atoms in total. The highest BCUT2D eigenvalue weighted by Gasteiger charge is 2.36. The number of hydrogen-bond donors (Lipinski definition) is 0. The quantitative estimate of drug-likeness (QED) is 0.763. The second-order valence-corrected chi connectivity index (χ2v) is 5.91. The molecule has 3 rings (SSSR count). The minimum atomic E-state index is 0.0763. The van der Waals surface area contributed by atoms with E-state index in [4.69, 9.17) is 0 Å². The summed E-state index contributed by atoms with van der Waals surface area (Å²) in [5.41, 5.74) is 2.75. The van der Waals surface area contributed by atoms with Crippen LogP contribution < -0.4 is 0 Å². The maximum Gasteiger partial charge on any atom is 0.190 e. The molecule has 0 heterocycles. The molecule has 0 fully saturated rings. The number of benzene rings is 1. The molecule has 0 aromatic heterocycles. The zero-order valence-corrected chi connectivity index (χ0v) is 11.4. The van der Waals surface area contributed by atoms with Gasteiger partial charge in [0, 0.05) is 22.3 Å². The first kappa shape index (κ1) is 12.3. The molecule has 2 aliphatic carbocycles. The number of allylic oxidation sites excluding steroid dienone is 2. The van der Waals surface area contributed by atoms with Crippen LogP contribution in [0.3, 0.4) is 0 Å². The van der Waals surface area contributed by atoms with E-state index in [-0.39, 0.29) is 11.6 Å². The van der Waals surface area contributed by atoms with E-state index in [1.807, 2.05) is 12.1 Å². The zero-order chi connectivity index (χ0) is 13.6. The Morgan fingerprint density at radius 1 is 1.00 bits per heavy atom. The highest BCUT2D eigenvalue weighted by molar-refractivity contribution is 6.27. The molecule has 0 radical (unpaired) electrons. The normalized spacial score (nSPS) is 22.6. The molecule has 19 heavy (non-hydrogen) atoms. The lowest BCUT2D eigenvalue weighted by atomic mass is 9.71. The molecule has 0 aliphatic heterocycles. The van der Waals surface area contributed by atoms with Gasteiger partial charge in [-0.25, -0.2) is 0 Å². The van der Waals surface area contributed by atoms with Crippen LogP contribution in [0.2, 0.25) is 0 Å². The molecule has 0 saturated heterocycles. The van der Waals surface area contributed by atoms with Crippen molar-refractivity contribution in [3.63, 3.8) is 0 Å². The minimum Gasteiger partial charge on any atom is -0.289 e. The summed E-state index contributed by atoms with van der Waals surface area (Å²) in [5, 5.41) is 0. The third-order valence-corrected chi connectivity index (χ3v) is 4.50. The second-order valence-electron chi connectivity index (χ2n) is 5.91. The SMILES string of the molecule is CC(C)C1CCC2=C(C1)C(=O)c1ccccc1C2=O. The van der Waals surface area contributed by atoms with Crippen molar-refractivity contribution in [3.05, 3.63) is 46.5 Å². The van der Waals surface area contributed by atoms with Crippen molar-refractivity contribution in [2.24, 2.45) is 11.8 Å². The molecule has 1 unspecified atom stereocenters. The lowest BCUT2D eigenvalue weighted by Crippen LogP contribution is -2.28. The van der Waals surface area contributed by atoms with Crippen LogP contribution in [0, 0.1) is 11.8 Å². The summed E-state index contributed by atoms with van der Waals surface area (Å²) in [5.74, 6) is 1.25. The van der Waals surface area contributed by atoms with Gasteiger partial charge in [-0.3, -0.25) is 9.59 Å². The lowest BCUT2D eigenvalue weighted by Gasteiger charge is -2.31. The Labute approximate surface area is 113 Å². The Morgan fingerprint density at radius 3 is 2.16 bits per heavy atom. The van der Waals surface area contributed by atoms with Gasteiger partial charge in [0.25, 0.3) is 0 Å². The molecule has 1 aromatic rings. The van der Waals surface area contributed by atoms with E-state index in [2.05, 4.69) is 13.8 Å². The Morgan fingerprint density at radius 2 is 1.58 bits per heavy atom. The molecule has 2 aliphatic rings. The molecular weight excluding hydrogens is 236 g/mol. The Bertz CT molecular complexity index is 593. The van der Waals surface area contributed by atoms with Gasteiger partial charge in [0.05, 0.1) is 0 Å². The summed E-state index contributed by atoms with van der Waals surface area (Å²) in [4.78, 5) is 25.0. The highest BCUT2D eigenvalue weighted by Crippen LogP contribution is 2.39. The summed E-state index contributed by atoms with van der Waals surface area (Å²) in [6.45, 7) is 4.39. The van der Waals surface area contributed by atoms with Crippen molar-refractivity contribution < 1.29 is 9.59 Å². The van der Waals surface area contributed by atoms with Gasteiger partial charge in [-0.1, -0.05) is 38.1 Å². The predicted molar refractivity (Wildman–Crippen MR) is 74.3 cm³/mol. The molecule has 0 bridgehead atoms. The first-order valence-corrected chi connectivity index (χ1v) is 7.00. The van der Waals surface area contributed by atoms with Crippen LogP contribution in [0.15, 0.2) is 35.4 Å². The fourth-order valence-electron chi connectivity index (χ4n) is 3.22.